The second kappa shape index (κ2) is 4.74. The first kappa shape index (κ1) is 13.1. The van der Waals surface area contributed by atoms with Gasteiger partial charge in [0, 0.05) is 9.75 Å². The summed E-state index contributed by atoms with van der Waals surface area (Å²) in [6.45, 7) is 1.66. The minimum Gasteiger partial charge on any atom is -0.388 e. The zero-order valence-corrected chi connectivity index (χ0v) is 10.3. The molecule has 0 spiro atoms. The lowest BCUT2D eigenvalue weighted by Crippen LogP contribution is -2.03. The Morgan fingerprint density at radius 2 is 1.67 bits per heavy atom. The molecule has 0 amide bonds. The molecule has 0 aliphatic heterocycles. The van der Waals surface area contributed by atoms with Crippen LogP contribution in [0.15, 0.2) is 36.4 Å². The fourth-order valence-electron chi connectivity index (χ4n) is 1.56. The van der Waals surface area contributed by atoms with Gasteiger partial charge in [-0.15, -0.1) is 11.3 Å². The Hall–Kier alpha value is -1.33. The molecule has 0 bridgehead atoms. The number of hydrogen-bond acceptors (Lipinski definition) is 2. The normalized spacial score (nSPS) is 13.6. The second-order valence-corrected chi connectivity index (χ2v) is 5.07. The Morgan fingerprint density at radius 1 is 1.06 bits per heavy atom. The summed E-state index contributed by atoms with van der Waals surface area (Å²) >= 11 is 1.38. The average Bonchev–Trinajstić information content (AvgIpc) is 2.77. The van der Waals surface area contributed by atoms with Crippen LogP contribution in [0.5, 0.6) is 0 Å². The van der Waals surface area contributed by atoms with Gasteiger partial charge in [-0.05, 0) is 36.8 Å². The quantitative estimate of drug-likeness (QED) is 0.854. The van der Waals surface area contributed by atoms with Crippen LogP contribution < -0.4 is 0 Å². The summed E-state index contributed by atoms with van der Waals surface area (Å²) in [6, 6.07) is 8.60. The van der Waals surface area contributed by atoms with Gasteiger partial charge in [0.15, 0.2) is 0 Å². The number of hydrogen-bond donors (Lipinski definition) is 1. The number of alkyl halides is 3. The smallest absolute Gasteiger partial charge is 0.388 e. The van der Waals surface area contributed by atoms with Gasteiger partial charge >= 0.3 is 6.18 Å². The number of aliphatic hydroxyl groups excluding tert-OH is 1. The zero-order chi connectivity index (χ0) is 13.3. The van der Waals surface area contributed by atoms with E-state index in [0.29, 0.717) is 0 Å². The largest absolute Gasteiger partial charge is 0.416 e. The third-order valence-electron chi connectivity index (χ3n) is 2.54. The van der Waals surface area contributed by atoms with Crippen molar-refractivity contribution in [2.75, 3.05) is 0 Å². The van der Waals surface area contributed by atoms with E-state index >= 15 is 0 Å². The molecule has 5 heteroatoms. The maximum atomic E-state index is 12.4. The highest BCUT2D eigenvalue weighted by Crippen LogP contribution is 2.34. The maximum absolute atomic E-state index is 12.4. The zero-order valence-electron chi connectivity index (χ0n) is 9.53. The summed E-state index contributed by atoms with van der Waals surface area (Å²) in [5.74, 6) is 0. The van der Waals surface area contributed by atoms with Crippen molar-refractivity contribution < 1.29 is 18.3 Å². The molecule has 1 aromatic heterocycles. The van der Waals surface area contributed by atoms with E-state index < -0.39 is 17.8 Å². The number of halogens is 3. The van der Waals surface area contributed by atoms with E-state index in [1.807, 2.05) is 0 Å². The average molecular weight is 272 g/mol. The standard InChI is InChI=1S/C13H11F3OS/c1-8(17)11-6-7-12(18-11)9-2-4-10(5-3-9)13(14,15)16/h2-8,17H,1H3. The third kappa shape index (κ3) is 2.73. The molecular weight excluding hydrogens is 261 g/mol. The summed E-state index contributed by atoms with van der Waals surface area (Å²) in [7, 11) is 0. The molecule has 2 rings (SSSR count). The van der Waals surface area contributed by atoms with Crippen molar-refractivity contribution in [2.24, 2.45) is 0 Å². The minimum atomic E-state index is -4.31. The van der Waals surface area contributed by atoms with Crippen LogP contribution in [0.4, 0.5) is 13.2 Å². The number of aliphatic hydroxyl groups is 1. The Balaban J connectivity index is 2.29. The molecule has 1 heterocycles. The fraction of sp³-hybridized carbons (Fsp3) is 0.231. The topological polar surface area (TPSA) is 20.2 Å². The highest BCUT2D eigenvalue weighted by Gasteiger charge is 2.29. The van der Waals surface area contributed by atoms with Crippen LogP contribution in [0.2, 0.25) is 0 Å². The third-order valence-corrected chi connectivity index (χ3v) is 3.84. The molecule has 18 heavy (non-hydrogen) atoms. The van der Waals surface area contributed by atoms with Gasteiger partial charge in [0.2, 0.25) is 0 Å². The van der Waals surface area contributed by atoms with Gasteiger partial charge in [0.25, 0.3) is 0 Å². The Kier molecular flexibility index (Phi) is 3.45. The summed E-state index contributed by atoms with van der Waals surface area (Å²) in [5, 5.41) is 9.40. The molecule has 1 unspecified atom stereocenters. The lowest BCUT2D eigenvalue weighted by Gasteiger charge is -2.06. The number of thiophene rings is 1. The van der Waals surface area contributed by atoms with Crippen LogP contribution >= 0.6 is 11.3 Å². The lowest BCUT2D eigenvalue weighted by atomic mass is 10.1. The molecule has 1 atom stereocenters. The predicted molar refractivity (Wildman–Crippen MR) is 65.4 cm³/mol. The predicted octanol–water partition coefficient (Wildman–Crippen LogP) is 4.49. The molecule has 0 saturated heterocycles. The molecule has 1 N–H and O–H groups in total. The molecule has 0 aliphatic carbocycles. The number of rotatable bonds is 2. The van der Waals surface area contributed by atoms with Crippen LogP contribution in [0.25, 0.3) is 10.4 Å². The molecule has 0 aliphatic rings. The van der Waals surface area contributed by atoms with Gasteiger partial charge in [0.05, 0.1) is 11.7 Å². The molecule has 2 aromatic rings. The Labute approximate surface area is 107 Å². The van der Waals surface area contributed by atoms with E-state index in [1.165, 1.54) is 23.5 Å². The van der Waals surface area contributed by atoms with Gasteiger partial charge in [-0.3, -0.25) is 0 Å². The van der Waals surface area contributed by atoms with Crippen LogP contribution in [0, 0.1) is 0 Å². The second-order valence-electron chi connectivity index (χ2n) is 3.95. The van der Waals surface area contributed by atoms with Crippen LogP contribution in [-0.4, -0.2) is 5.11 Å². The Bertz CT molecular complexity index is 526. The summed E-state index contributed by atoms with van der Waals surface area (Å²) in [4.78, 5) is 1.64. The van der Waals surface area contributed by atoms with Gasteiger partial charge in [0.1, 0.15) is 0 Å². The SMILES string of the molecule is CC(O)c1ccc(-c2ccc(C(F)(F)F)cc2)s1. The first-order valence-electron chi connectivity index (χ1n) is 5.33. The monoisotopic (exact) mass is 272 g/mol. The molecule has 1 aromatic carbocycles. The van der Waals surface area contributed by atoms with Crippen LogP contribution in [0.3, 0.4) is 0 Å². The molecule has 1 nitrogen and oxygen atoms in total. The van der Waals surface area contributed by atoms with Crippen molar-refractivity contribution in [1.82, 2.24) is 0 Å². The highest BCUT2D eigenvalue weighted by atomic mass is 32.1. The van der Waals surface area contributed by atoms with Crippen molar-refractivity contribution in [3.63, 3.8) is 0 Å². The molecule has 96 valence electrons. The van der Waals surface area contributed by atoms with E-state index in [2.05, 4.69) is 0 Å². The summed E-state index contributed by atoms with van der Waals surface area (Å²) < 4.78 is 37.2. The number of benzene rings is 1. The van der Waals surface area contributed by atoms with E-state index in [-0.39, 0.29) is 0 Å². The highest BCUT2D eigenvalue weighted by molar-refractivity contribution is 7.15. The van der Waals surface area contributed by atoms with Crippen molar-refractivity contribution in [2.45, 2.75) is 19.2 Å². The Morgan fingerprint density at radius 3 is 2.11 bits per heavy atom. The minimum absolute atomic E-state index is 0.557. The fourth-order valence-corrected chi connectivity index (χ4v) is 2.51. The first-order valence-corrected chi connectivity index (χ1v) is 6.15. The van der Waals surface area contributed by atoms with E-state index in [1.54, 1.807) is 19.1 Å². The van der Waals surface area contributed by atoms with Gasteiger partial charge in [-0.1, -0.05) is 12.1 Å². The molecular formula is C13H11F3OS. The summed E-state index contributed by atoms with van der Waals surface area (Å²) in [6.07, 6.45) is -4.86. The van der Waals surface area contributed by atoms with Crippen molar-refractivity contribution in [1.29, 1.82) is 0 Å². The van der Waals surface area contributed by atoms with Gasteiger partial charge in [-0.25, -0.2) is 0 Å². The van der Waals surface area contributed by atoms with Gasteiger partial charge in [-0.2, -0.15) is 13.2 Å². The van der Waals surface area contributed by atoms with Crippen molar-refractivity contribution in [3.05, 3.63) is 46.8 Å². The van der Waals surface area contributed by atoms with Crippen molar-refractivity contribution >= 4 is 11.3 Å². The first-order chi connectivity index (χ1) is 8.38. The van der Waals surface area contributed by atoms with Crippen LogP contribution in [-0.2, 0) is 6.18 Å². The molecule has 0 saturated carbocycles. The van der Waals surface area contributed by atoms with E-state index in [9.17, 15) is 18.3 Å². The summed E-state index contributed by atoms with van der Waals surface area (Å²) in [5.41, 5.74) is 0.0680. The molecule has 0 fully saturated rings. The van der Waals surface area contributed by atoms with Crippen LogP contribution in [0.1, 0.15) is 23.5 Å². The van der Waals surface area contributed by atoms with Gasteiger partial charge < -0.3 is 5.11 Å². The lowest BCUT2D eigenvalue weighted by molar-refractivity contribution is -0.137. The molecule has 0 radical (unpaired) electrons. The van der Waals surface area contributed by atoms with E-state index in [4.69, 9.17) is 0 Å². The van der Waals surface area contributed by atoms with E-state index in [0.717, 1.165) is 27.5 Å². The van der Waals surface area contributed by atoms with Crippen molar-refractivity contribution in [3.8, 4) is 10.4 Å². The maximum Gasteiger partial charge on any atom is 0.416 e.